The number of halogens is 2. The third-order valence-corrected chi connectivity index (χ3v) is 6.09. The number of carbonyl (C=O) groups is 1. The highest BCUT2D eigenvalue weighted by Crippen LogP contribution is 2.59. The predicted molar refractivity (Wildman–Crippen MR) is 99.8 cm³/mol. The van der Waals surface area contributed by atoms with Crippen molar-refractivity contribution in [1.82, 2.24) is 5.43 Å². The van der Waals surface area contributed by atoms with Crippen LogP contribution in [0.3, 0.4) is 0 Å². The Balaban J connectivity index is 1.58. The van der Waals surface area contributed by atoms with Gasteiger partial charge in [0.2, 0.25) is 5.91 Å². The molecular formula is C19H24Cl2N2O. The van der Waals surface area contributed by atoms with Crippen LogP contribution in [0.25, 0.3) is 0 Å². The Hall–Kier alpha value is -1.06. The number of amides is 1. The Kier molecular flexibility index (Phi) is 5.51. The Morgan fingerprint density at radius 1 is 1.25 bits per heavy atom. The number of fused-ring (bicyclic) bond motifs is 3. The lowest BCUT2D eigenvalue weighted by atomic mass is 9.71. The first-order valence-corrected chi connectivity index (χ1v) is 9.63. The second kappa shape index (κ2) is 7.45. The van der Waals surface area contributed by atoms with E-state index in [1.54, 1.807) is 0 Å². The molecule has 2 aliphatic carbocycles. The number of hydrazone groups is 1. The first kappa shape index (κ1) is 17.8. The van der Waals surface area contributed by atoms with Crippen molar-refractivity contribution in [3.63, 3.8) is 0 Å². The van der Waals surface area contributed by atoms with E-state index in [2.05, 4.69) is 29.6 Å². The molecule has 2 atom stereocenters. The largest absolute Gasteiger partial charge is 0.273 e. The Labute approximate surface area is 153 Å². The molecule has 24 heavy (non-hydrogen) atoms. The first-order valence-electron chi connectivity index (χ1n) is 8.88. The van der Waals surface area contributed by atoms with Gasteiger partial charge in [0, 0.05) is 18.3 Å². The van der Waals surface area contributed by atoms with E-state index >= 15 is 0 Å². The average molecular weight is 367 g/mol. The number of benzene rings is 1. The minimum Gasteiger partial charge on any atom is -0.273 e. The monoisotopic (exact) mass is 366 g/mol. The molecule has 1 aromatic carbocycles. The zero-order chi connectivity index (χ0) is 17.2. The van der Waals surface area contributed by atoms with Gasteiger partial charge >= 0.3 is 0 Å². The van der Waals surface area contributed by atoms with E-state index in [1.165, 1.54) is 30.4 Å². The molecule has 130 valence electrons. The van der Waals surface area contributed by atoms with Gasteiger partial charge in [0.25, 0.3) is 0 Å². The van der Waals surface area contributed by atoms with E-state index in [0.717, 1.165) is 19.3 Å². The topological polar surface area (TPSA) is 41.5 Å². The fraction of sp³-hybridized carbons (Fsp3) is 0.579. The number of carbonyl (C=O) groups excluding carboxylic acids is 1. The third-order valence-electron chi connectivity index (χ3n) is 5.14. The zero-order valence-corrected chi connectivity index (χ0v) is 15.5. The molecule has 1 amide bonds. The van der Waals surface area contributed by atoms with Crippen LogP contribution in [-0.4, -0.2) is 16.0 Å². The Morgan fingerprint density at radius 3 is 2.79 bits per heavy atom. The molecule has 0 spiro atoms. The molecule has 3 nitrogen and oxygen atoms in total. The van der Waals surface area contributed by atoms with Crippen LogP contribution in [0.5, 0.6) is 0 Å². The summed E-state index contributed by atoms with van der Waals surface area (Å²) < 4.78 is -0.974. The molecule has 2 aliphatic rings. The number of hydrogen-bond donors (Lipinski definition) is 1. The van der Waals surface area contributed by atoms with Crippen LogP contribution in [0.4, 0.5) is 0 Å². The number of nitrogens with zero attached hydrogens (tertiary/aromatic N) is 1. The van der Waals surface area contributed by atoms with Crippen LogP contribution in [0, 0.1) is 5.92 Å². The molecule has 1 saturated carbocycles. The van der Waals surface area contributed by atoms with Crippen molar-refractivity contribution in [3.05, 3.63) is 35.4 Å². The van der Waals surface area contributed by atoms with Gasteiger partial charge in [-0.25, -0.2) is 5.43 Å². The summed E-state index contributed by atoms with van der Waals surface area (Å²) in [7, 11) is 0. The maximum atomic E-state index is 12.0. The third kappa shape index (κ3) is 3.34. The van der Waals surface area contributed by atoms with E-state index in [4.69, 9.17) is 23.2 Å². The molecule has 0 radical (unpaired) electrons. The normalized spacial score (nSPS) is 25.0. The van der Waals surface area contributed by atoms with Crippen molar-refractivity contribution in [2.24, 2.45) is 11.0 Å². The summed E-state index contributed by atoms with van der Waals surface area (Å²) in [4.78, 5) is 12.0. The molecule has 0 unspecified atom stereocenters. The molecule has 1 aromatic rings. The number of hydrogen-bond acceptors (Lipinski definition) is 2. The van der Waals surface area contributed by atoms with E-state index in [9.17, 15) is 4.79 Å². The van der Waals surface area contributed by atoms with Crippen molar-refractivity contribution in [3.8, 4) is 0 Å². The maximum absolute atomic E-state index is 12.0. The summed E-state index contributed by atoms with van der Waals surface area (Å²) in [5.74, 6) is 0.238. The minimum absolute atomic E-state index is 0.0575. The van der Waals surface area contributed by atoms with Crippen molar-refractivity contribution >= 4 is 34.8 Å². The molecule has 0 aliphatic heterocycles. The highest BCUT2D eigenvalue weighted by atomic mass is 35.5. The zero-order valence-electron chi connectivity index (χ0n) is 14.0. The van der Waals surface area contributed by atoms with Gasteiger partial charge in [0.05, 0.1) is 5.71 Å². The molecular weight excluding hydrogens is 343 g/mol. The van der Waals surface area contributed by atoms with Gasteiger partial charge in [-0.1, -0.05) is 80.1 Å². The smallest absolute Gasteiger partial charge is 0.240 e. The highest BCUT2D eigenvalue weighted by molar-refractivity contribution is 6.62. The summed E-state index contributed by atoms with van der Waals surface area (Å²) in [6.07, 6.45) is 6.99. The molecule has 0 aromatic heterocycles. The van der Waals surface area contributed by atoms with Gasteiger partial charge in [-0.05, 0) is 24.0 Å². The summed E-state index contributed by atoms with van der Waals surface area (Å²) in [6, 6.07) is 8.28. The molecule has 1 fully saturated rings. The lowest BCUT2D eigenvalue weighted by Gasteiger charge is -2.45. The molecule has 5 heteroatoms. The number of alkyl halides is 2. The number of unbranched alkanes of at least 4 members (excludes halogenated alkanes) is 4. The average Bonchev–Trinajstić information content (AvgIpc) is 2.92. The Morgan fingerprint density at radius 2 is 2.00 bits per heavy atom. The first-order chi connectivity index (χ1) is 11.6. The van der Waals surface area contributed by atoms with Gasteiger partial charge in [0.1, 0.15) is 0 Å². The summed E-state index contributed by atoms with van der Waals surface area (Å²) in [6.45, 7) is 2.18. The van der Waals surface area contributed by atoms with E-state index in [1.807, 2.05) is 12.1 Å². The van der Waals surface area contributed by atoms with Gasteiger partial charge in [-0.3, -0.25) is 4.79 Å². The van der Waals surface area contributed by atoms with E-state index in [-0.39, 0.29) is 17.7 Å². The summed E-state index contributed by atoms with van der Waals surface area (Å²) in [5.41, 5.74) is 5.86. The standard InChI is InChI=1S/C19H24Cl2N2O/c1-2-3-4-5-6-11-16(24)22-23-18-17-14-10-8-7-9-13(14)12-15(17)19(18,20)21/h7-10,15,17H,2-6,11-12H2,1H3,(H,22,24)/b23-18+/t15-,17-/m1/s1. The van der Waals surface area contributed by atoms with Crippen molar-refractivity contribution < 1.29 is 4.79 Å². The molecule has 0 saturated heterocycles. The van der Waals surface area contributed by atoms with Crippen LogP contribution in [0.1, 0.15) is 62.5 Å². The fourth-order valence-corrected chi connectivity index (χ4v) is 4.51. The van der Waals surface area contributed by atoms with Crippen LogP contribution in [0.2, 0.25) is 0 Å². The molecule has 0 bridgehead atoms. The van der Waals surface area contributed by atoms with Crippen molar-refractivity contribution in [2.75, 3.05) is 0 Å². The molecule has 3 rings (SSSR count). The van der Waals surface area contributed by atoms with Gasteiger partial charge in [-0.2, -0.15) is 5.10 Å². The van der Waals surface area contributed by atoms with Crippen LogP contribution >= 0.6 is 23.2 Å². The maximum Gasteiger partial charge on any atom is 0.240 e. The van der Waals surface area contributed by atoms with E-state index in [0.29, 0.717) is 12.1 Å². The van der Waals surface area contributed by atoms with Crippen LogP contribution < -0.4 is 5.43 Å². The predicted octanol–water partition coefficient (Wildman–Crippen LogP) is 4.96. The second-order valence-corrected chi connectivity index (χ2v) is 8.19. The fourth-order valence-electron chi connectivity index (χ4n) is 3.78. The number of nitrogens with one attached hydrogen (secondary N) is 1. The number of rotatable bonds is 7. The summed E-state index contributed by atoms with van der Waals surface area (Å²) >= 11 is 13.0. The van der Waals surface area contributed by atoms with Gasteiger partial charge in [0.15, 0.2) is 4.33 Å². The van der Waals surface area contributed by atoms with Crippen LogP contribution in [-0.2, 0) is 11.2 Å². The Bertz CT molecular complexity index is 642. The minimum atomic E-state index is -0.974. The molecule has 0 heterocycles. The SMILES string of the molecule is CCCCCCCC(=O)N/N=C1\[C@@H]2c3ccccc3C[C@H]2C1(Cl)Cl. The lowest BCUT2D eigenvalue weighted by molar-refractivity contribution is -0.121. The van der Waals surface area contributed by atoms with Gasteiger partial charge < -0.3 is 0 Å². The lowest BCUT2D eigenvalue weighted by Crippen LogP contribution is -2.54. The quantitative estimate of drug-likeness (QED) is 0.413. The summed E-state index contributed by atoms with van der Waals surface area (Å²) in [5, 5.41) is 4.29. The highest BCUT2D eigenvalue weighted by Gasteiger charge is 2.61. The van der Waals surface area contributed by atoms with Crippen molar-refractivity contribution in [1.29, 1.82) is 0 Å². The van der Waals surface area contributed by atoms with Crippen molar-refractivity contribution in [2.45, 2.75) is 62.1 Å². The van der Waals surface area contributed by atoms with Crippen LogP contribution in [0.15, 0.2) is 29.4 Å². The second-order valence-electron chi connectivity index (χ2n) is 6.81. The molecule has 1 N–H and O–H groups in total. The van der Waals surface area contributed by atoms with Gasteiger partial charge in [-0.15, -0.1) is 0 Å². The van der Waals surface area contributed by atoms with E-state index < -0.39 is 4.33 Å².